The molecule has 0 amide bonds. The quantitative estimate of drug-likeness (QED) is 0.174. The maximum atomic E-state index is 12.2. The molecule has 3 unspecified atom stereocenters. The van der Waals surface area contributed by atoms with Crippen molar-refractivity contribution in [2.45, 2.75) is 83.3 Å². The molecule has 0 saturated heterocycles. The zero-order valence-corrected chi connectivity index (χ0v) is 23.3. The van der Waals surface area contributed by atoms with E-state index in [9.17, 15) is 10.2 Å². The van der Waals surface area contributed by atoms with E-state index < -0.39 is 5.60 Å². The van der Waals surface area contributed by atoms with Crippen LogP contribution in [0, 0.1) is 39.9 Å². The number of hydrogen-bond donors (Lipinski definition) is 4. The first-order valence-corrected chi connectivity index (χ1v) is 12.7. The van der Waals surface area contributed by atoms with Gasteiger partial charge in [0, 0.05) is 24.1 Å². The number of nitrogens with zero attached hydrogens (tertiary/aromatic N) is 3. The van der Waals surface area contributed by atoms with E-state index in [0.29, 0.717) is 24.3 Å². The van der Waals surface area contributed by atoms with Crippen molar-refractivity contribution in [2.24, 2.45) is 45.3 Å². The number of halogens is 1. The van der Waals surface area contributed by atoms with Gasteiger partial charge in [-0.3, -0.25) is 5.41 Å². The van der Waals surface area contributed by atoms with Crippen molar-refractivity contribution < 1.29 is 10.2 Å². The van der Waals surface area contributed by atoms with Gasteiger partial charge in [0.05, 0.1) is 18.2 Å². The third-order valence-corrected chi connectivity index (χ3v) is 10.3. The monoisotopic (exact) mass is 575 g/mol. The highest BCUT2D eigenvalue weighted by molar-refractivity contribution is 14.0. The molecule has 0 spiro atoms. The zero-order valence-electron chi connectivity index (χ0n) is 21.0. The predicted molar refractivity (Wildman–Crippen MR) is 144 cm³/mol. The second kappa shape index (κ2) is 9.90. The third kappa shape index (κ3) is 4.58. The second-order valence-corrected chi connectivity index (χ2v) is 12.0. The molecule has 4 fully saturated rings. The second-order valence-electron chi connectivity index (χ2n) is 12.0. The largest absolute Gasteiger partial charge is 0.393 e. The first kappa shape index (κ1) is 27.1. The molecule has 0 bridgehead atoms. The summed E-state index contributed by atoms with van der Waals surface area (Å²) in [6, 6.07) is 0. The Balaban J connectivity index is 0.00000306. The zero-order chi connectivity index (χ0) is 23.3. The predicted octanol–water partition coefficient (Wildman–Crippen LogP) is 3.48. The fraction of sp³-hybridized carbons (Fsp3) is 0.920. The summed E-state index contributed by atoms with van der Waals surface area (Å²) in [7, 11) is 4.00. The molecule has 0 radical (unpaired) electrons. The Morgan fingerprint density at radius 3 is 2.45 bits per heavy atom. The maximum Gasteiger partial charge on any atom is 0.209 e. The summed E-state index contributed by atoms with van der Waals surface area (Å²) in [4.78, 5) is 2.06. The van der Waals surface area contributed by atoms with Gasteiger partial charge in [-0.2, -0.15) is 5.10 Å². The van der Waals surface area contributed by atoms with Crippen LogP contribution in [0.4, 0.5) is 0 Å². The van der Waals surface area contributed by atoms with Crippen molar-refractivity contribution in [3.05, 3.63) is 0 Å². The van der Waals surface area contributed by atoms with Crippen molar-refractivity contribution in [1.29, 1.82) is 5.41 Å². The van der Waals surface area contributed by atoms with Crippen LogP contribution >= 0.6 is 24.0 Å². The molecule has 8 atom stereocenters. The Kier molecular flexibility index (Phi) is 8.14. The number of fused-ring (bicyclic) bond motifs is 5. The van der Waals surface area contributed by atoms with Crippen LogP contribution in [0.15, 0.2) is 5.10 Å². The molecule has 0 heterocycles. The van der Waals surface area contributed by atoms with Crippen LogP contribution in [0.25, 0.3) is 0 Å². The van der Waals surface area contributed by atoms with E-state index in [1.165, 1.54) is 0 Å². The highest BCUT2D eigenvalue weighted by Crippen LogP contribution is 2.68. The van der Waals surface area contributed by atoms with Gasteiger partial charge in [0.15, 0.2) is 0 Å². The fourth-order valence-electron chi connectivity index (χ4n) is 8.18. The number of aliphatic hydroxyl groups is 2. The van der Waals surface area contributed by atoms with Crippen molar-refractivity contribution in [1.82, 2.24) is 9.91 Å². The number of nitrogens with two attached hydrogens (primary N) is 1. The molecule has 4 saturated carbocycles. The minimum atomic E-state index is -0.651. The summed E-state index contributed by atoms with van der Waals surface area (Å²) in [5.41, 5.74) is 5.20. The number of aliphatic hydroxyl groups excluding tert-OH is 1. The lowest BCUT2D eigenvalue weighted by atomic mass is 9.43. The molecular weight excluding hydrogens is 529 g/mol. The smallest absolute Gasteiger partial charge is 0.209 e. The third-order valence-electron chi connectivity index (χ3n) is 10.3. The van der Waals surface area contributed by atoms with Gasteiger partial charge < -0.3 is 20.8 Å². The number of rotatable bonds is 5. The molecule has 8 heteroatoms. The molecule has 7 nitrogen and oxygen atoms in total. The Hall–Kier alpha value is -0.450. The van der Waals surface area contributed by atoms with E-state index in [0.717, 1.165) is 64.3 Å². The molecule has 4 rings (SSSR count). The number of nitrogens with one attached hydrogen (secondary N) is 1. The fourth-order valence-corrected chi connectivity index (χ4v) is 8.18. The highest BCUT2D eigenvalue weighted by atomic mass is 127. The first-order valence-electron chi connectivity index (χ1n) is 12.7. The molecule has 0 aromatic heterocycles. The van der Waals surface area contributed by atoms with Crippen LogP contribution < -0.4 is 5.73 Å². The summed E-state index contributed by atoms with van der Waals surface area (Å²) in [5, 5.41) is 36.6. The van der Waals surface area contributed by atoms with E-state index in [1.54, 1.807) is 5.01 Å². The van der Waals surface area contributed by atoms with Crippen LogP contribution in [0.5, 0.6) is 0 Å². The molecule has 5 N–H and O–H groups in total. The lowest BCUT2D eigenvalue weighted by Gasteiger charge is -2.63. The van der Waals surface area contributed by atoms with E-state index in [2.05, 4.69) is 23.8 Å². The summed E-state index contributed by atoms with van der Waals surface area (Å²) < 4.78 is 0. The average molecular weight is 576 g/mol. The van der Waals surface area contributed by atoms with E-state index in [4.69, 9.17) is 11.1 Å². The maximum absolute atomic E-state index is 12.2. The van der Waals surface area contributed by atoms with Gasteiger partial charge in [0.1, 0.15) is 0 Å². The van der Waals surface area contributed by atoms with Crippen molar-refractivity contribution >= 4 is 36.2 Å². The number of hydrogen-bond acceptors (Lipinski definition) is 5. The van der Waals surface area contributed by atoms with Gasteiger partial charge in [0.25, 0.3) is 0 Å². The molecule has 0 aromatic carbocycles. The minimum Gasteiger partial charge on any atom is -0.393 e. The van der Waals surface area contributed by atoms with Crippen molar-refractivity contribution in [3.8, 4) is 0 Å². The van der Waals surface area contributed by atoms with Crippen molar-refractivity contribution in [2.75, 3.05) is 27.2 Å². The Labute approximate surface area is 217 Å². The standard InChI is InChI=1S/C25H45N5O2.HI/c1-23-10-8-19(31)15-17(23)5-6-21-20(23)9-11-24(2)18(7-12-25(21,24)32)16-28-30(22(26)27)14-13-29(3)4;/h16-21,31-32H,5-15H2,1-4H3,(H3,26,27);1H/t17?,18?,19?,20-,21-,23+,24-,25-;/m1./s1. The van der Waals surface area contributed by atoms with Gasteiger partial charge >= 0.3 is 0 Å². The number of likely N-dealkylation sites (N-methyl/N-ethyl adjacent to an activating group) is 1. The topological polar surface area (TPSA) is 109 Å². The molecule has 190 valence electrons. The van der Waals surface area contributed by atoms with Gasteiger partial charge in [0.2, 0.25) is 5.96 Å². The van der Waals surface area contributed by atoms with Crippen molar-refractivity contribution in [3.63, 3.8) is 0 Å². The summed E-state index contributed by atoms with van der Waals surface area (Å²) in [6.45, 7) is 6.10. The van der Waals surface area contributed by atoms with Gasteiger partial charge in [-0.1, -0.05) is 13.8 Å². The van der Waals surface area contributed by atoms with E-state index in [1.807, 2.05) is 20.3 Å². The minimum absolute atomic E-state index is 0. The summed E-state index contributed by atoms with van der Waals surface area (Å²) in [5.74, 6) is 1.66. The average Bonchev–Trinajstić information content (AvgIpc) is 2.99. The van der Waals surface area contributed by atoms with Crippen LogP contribution in [-0.4, -0.2) is 71.2 Å². The molecule has 0 aliphatic heterocycles. The summed E-state index contributed by atoms with van der Waals surface area (Å²) in [6.07, 6.45) is 11.0. The molecule has 4 aliphatic carbocycles. The number of guanidine groups is 1. The first-order chi connectivity index (χ1) is 15.0. The van der Waals surface area contributed by atoms with Crippen LogP contribution in [0.2, 0.25) is 0 Å². The van der Waals surface area contributed by atoms with Crippen LogP contribution in [0.3, 0.4) is 0 Å². The van der Waals surface area contributed by atoms with Gasteiger partial charge in [-0.15, -0.1) is 24.0 Å². The van der Waals surface area contributed by atoms with Crippen LogP contribution in [0.1, 0.15) is 71.6 Å². The Morgan fingerprint density at radius 2 is 1.79 bits per heavy atom. The molecule has 33 heavy (non-hydrogen) atoms. The van der Waals surface area contributed by atoms with Crippen LogP contribution in [-0.2, 0) is 0 Å². The lowest BCUT2D eigenvalue weighted by molar-refractivity contribution is -0.206. The van der Waals surface area contributed by atoms with Gasteiger partial charge in [-0.05, 0) is 95.1 Å². The van der Waals surface area contributed by atoms with E-state index in [-0.39, 0.29) is 52.8 Å². The molecule has 0 aromatic rings. The normalized spacial score (nSPS) is 44.6. The van der Waals surface area contributed by atoms with E-state index >= 15 is 0 Å². The Morgan fingerprint density at radius 1 is 1.06 bits per heavy atom. The number of hydrazone groups is 1. The highest BCUT2D eigenvalue weighted by Gasteiger charge is 2.66. The molecule has 4 aliphatic rings. The Bertz CT molecular complexity index is 750. The summed E-state index contributed by atoms with van der Waals surface area (Å²) >= 11 is 0. The van der Waals surface area contributed by atoms with Gasteiger partial charge in [-0.25, -0.2) is 5.01 Å². The molecular formula is C25H46IN5O2. The SMILES string of the molecule is CN(C)CCN(N=CC1CC[C@@]2(O)[C@@H]3CCC4CC(O)CC[C@]4(C)[C@@H]3CC[C@]12C)C(=N)N.I. The lowest BCUT2D eigenvalue weighted by Crippen LogP contribution is -2.62.